The normalized spacial score (nSPS) is 12.7. The molecule has 0 unspecified atom stereocenters. The number of rotatable bonds is 2. The summed E-state index contributed by atoms with van der Waals surface area (Å²) < 4.78 is 38.7. The van der Waals surface area contributed by atoms with Crippen LogP contribution in [0, 0.1) is 6.92 Å². The number of alkyl halides is 3. The molecule has 98 valence electrons. The Morgan fingerprint density at radius 2 is 1.83 bits per heavy atom. The first-order valence-corrected chi connectivity index (χ1v) is 5.27. The molecular weight excluding hydrogens is 245 g/mol. The average molecular weight is 258 g/mol. The highest BCUT2D eigenvalue weighted by Crippen LogP contribution is 2.36. The molecule has 0 bridgehead atoms. The number of halogens is 3. The van der Waals surface area contributed by atoms with Crippen LogP contribution in [0.1, 0.15) is 40.9 Å². The molecule has 2 nitrogen and oxygen atoms in total. The summed E-state index contributed by atoms with van der Waals surface area (Å²) in [6.07, 6.45) is -3.01. The number of carboxylic acid groups (broad SMARTS) is 1. The second-order valence-corrected chi connectivity index (χ2v) is 3.99. The van der Waals surface area contributed by atoms with Crippen LogP contribution in [0.25, 0.3) is 5.57 Å². The van der Waals surface area contributed by atoms with Gasteiger partial charge in [-0.3, -0.25) is 0 Å². The van der Waals surface area contributed by atoms with Gasteiger partial charge >= 0.3 is 12.1 Å². The molecule has 1 aromatic carbocycles. The Morgan fingerprint density at radius 3 is 2.22 bits per heavy atom. The maximum Gasteiger partial charge on any atom is 0.417 e. The van der Waals surface area contributed by atoms with Crippen LogP contribution >= 0.6 is 0 Å². The Kier molecular flexibility index (Phi) is 3.84. The summed E-state index contributed by atoms with van der Waals surface area (Å²) in [5, 5.41) is 8.86. The lowest BCUT2D eigenvalue weighted by Gasteiger charge is -2.15. The van der Waals surface area contributed by atoms with Gasteiger partial charge in [0.1, 0.15) is 0 Å². The number of aryl methyl sites for hydroxylation is 1. The Hall–Kier alpha value is -1.78. The second-order valence-electron chi connectivity index (χ2n) is 3.99. The fraction of sp³-hybridized carbons (Fsp3) is 0.308. The molecule has 1 rings (SSSR count). The third kappa shape index (κ3) is 2.72. The van der Waals surface area contributed by atoms with Crippen molar-refractivity contribution < 1.29 is 23.1 Å². The third-order valence-electron chi connectivity index (χ3n) is 2.76. The van der Waals surface area contributed by atoms with E-state index in [0.29, 0.717) is 17.2 Å². The molecule has 1 N–H and O–H groups in total. The minimum absolute atomic E-state index is 0.0208. The lowest BCUT2D eigenvalue weighted by molar-refractivity contribution is -0.137. The molecule has 0 saturated carbocycles. The Labute approximate surface area is 103 Å². The van der Waals surface area contributed by atoms with Crippen molar-refractivity contribution in [3.8, 4) is 0 Å². The largest absolute Gasteiger partial charge is 0.478 e. The number of aromatic carboxylic acids is 1. The van der Waals surface area contributed by atoms with Gasteiger partial charge in [0.25, 0.3) is 0 Å². The number of carboxylic acids is 1. The van der Waals surface area contributed by atoms with Gasteiger partial charge in [-0.2, -0.15) is 13.2 Å². The van der Waals surface area contributed by atoms with Crippen LogP contribution in [0.15, 0.2) is 18.2 Å². The highest BCUT2D eigenvalue weighted by atomic mass is 19.4. The number of benzene rings is 1. The van der Waals surface area contributed by atoms with Gasteiger partial charge in [-0.05, 0) is 43.5 Å². The molecule has 0 amide bonds. The third-order valence-corrected chi connectivity index (χ3v) is 2.76. The molecule has 0 aliphatic carbocycles. The lowest BCUT2D eigenvalue weighted by Crippen LogP contribution is -2.12. The van der Waals surface area contributed by atoms with E-state index in [1.807, 2.05) is 0 Å². The smallest absolute Gasteiger partial charge is 0.417 e. The van der Waals surface area contributed by atoms with Crippen LogP contribution in [-0.2, 0) is 6.18 Å². The Bertz CT molecular complexity index is 514. The van der Waals surface area contributed by atoms with Crippen molar-refractivity contribution in [2.45, 2.75) is 26.9 Å². The summed E-state index contributed by atoms with van der Waals surface area (Å²) in [5.41, 5.74) is -0.447. The van der Waals surface area contributed by atoms with E-state index in [-0.39, 0.29) is 11.1 Å². The first-order chi connectivity index (χ1) is 8.18. The highest BCUT2D eigenvalue weighted by molar-refractivity contribution is 5.90. The van der Waals surface area contributed by atoms with Crippen molar-refractivity contribution in [2.24, 2.45) is 0 Å². The fourth-order valence-electron chi connectivity index (χ4n) is 1.65. The van der Waals surface area contributed by atoms with Crippen molar-refractivity contribution in [3.05, 3.63) is 40.5 Å². The SMILES string of the molecule is CC=C(C)c1cc(C)c(C(=O)O)cc1C(F)(F)F. The van der Waals surface area contributed by atoms with E-state index >= 15 is 0 Å². The van der Waals surface area contributed by atoms with Crippen molar-refractivity contribution >= 4 is 11.5 Å². The topological polar surface area (TPSA) is 37.3 Å². The zero-order valence-corrected chi connectivity index (χ0v) is 10.2. The average Bonchev–Trinajstić information content (AvgIpc) is 2.25. The molecule has 18 heavy (non-hydrogen) atoms. The lowest BCUT2D eigenvalue weighted by atomic mass is 9.94. The minimum Gasteiger partial charge on any atom is -0.478 e. The molecule has 0 saturated heterocycles. The molecule has 0 aliphatic rings. The van der Waals surface area contributed by atoms with Crippen molar-refractivity contribution in [3.63, 3.8) is 0 Å². The maximum absolute atomic E-state index is 12.9. The standard InChI is InChI=1S/C13H13F3O2/c1-4-7(2)9-5-8(3)10(12(17)18)6-11(9)13(14,15)16/h4-6H,1-3H3,(H,17,18). The van der Waals surface area contributed by atoms with Gasteiger partial charge < -0.3 is 5.11 Å². The van der Waals surface area contributed by atoms with E-state index in [1.165, 1.54) is 13.0 Å². The van der Waals surface area contributed by atoms with Gasteiger partial charge in [0.05, 0.1) is 11.1 Å². The number of allylic oxidation sites excluding steroid dienone is 2. The zero-order valence-electron chi connectivity index (χ0n) is 10.2. The Balaban J connectivity index is 3.63. The molecule has 5 heteroatoms. The first kappa shape index (κ1) is 14.3. The van der Waals surface area contributed by atoms with Gasteiger partial charge in [0.15, 0.2) is 0 Å². The Morgan fingerprint density at radius 1 is 1.28 bits per heavy atom. The minimum atomic E-state index is -4.57. The molecule has 0 atom stereocenters. The molecule has 0 fully saturated rings. The predicted octanol–water partition coefficient (Wildman–Crippen LogP) is 4.14. The maximum atomic E-state index is 12.9. The van der Waals surface area contributed by atoms with E-state index in [4.69, 9.17) is 5.11 Å². The van der Waals surface area contributed by atoms with Gasteiger partial charge in [0.2, 0.25) is 0 Å². The molecule has 0 spiro atoms. The van der Waals surface area contributed by atoms with Crippen LogP contribution in [0.4, 0.5) is 13.2 Å². The van der Waals surface area contributed by atoms with Crippen molar-refractivity contribution in [1.82, 2.24) is 0 Å². The number of hydrogen-bond donors (Lipinski definition) is 1. The van der Waals surface area contributed by atoms with E-state index < -0.39 is 17.7 Å². The van der Waals surface area contributed by atoms with Crippen LogP contribution < -0.4 is 0 Å². The van der Waals surface area contributed by atoms with Gasteiger partial charge in [-0.15, -0.1) is 0 Å². The van der Waals surface area contributed by atoms with Crippen molar-refractivity contribution in [2.75, 3.05) is 0 Å². The monoisotopic (exact) mass is 258 g/mol. The van der Waals surface area contributed by atoms with Gasteiger partial charge in [-0.25, -0.2) is 4.79 Å². The summed E-state index contributed by atoms with van der Waals surface area (Å²) >= 11 is 0. The molecule has 0 radical (unpaired) electrons. The summed E-state index contributed by atoms with van der Waals surface area (Å²) in [6.45, 7) is 4.68. The van der Waals surface area contributed by atoms with Gasteiger partial charge in [-0.1, -0.05) is 12.1 Å². The van der Waals surface area contributed by atoms with Crippen LogP contribution in [0.3, 0.4) is 0 Å². The van der Waals surface area contributed by atoms with Crippen molar-refractivity contribution in [1.29, 1.82) is 0 Å². The van der Waals surface area contributed by atoms with Crippen LogP contribution in [0.5, 0.6) is 0 Å². The van der Waals surface area contributed by atoms with E-state index in [2.05, 4.69) is 0 Å². The summed E-state index contributed by atoms with van der Waals surface area (Å²) in [7, 11) is 0. The van der Waals surface area contributed by atoms with E-state index in [9.17, 15) is 18.0 Å². The fourth-order valence-corrected chi connectivity index (χ4v) is 1.65. The van der Waals surface area contributed by atoms with E-state index in [0.717, 1.165) is 0 Å². The quantitative estimate of drug-likeness (QED) is 0.865. The first-order valence-electron chi connectivity index (χ1n) is 5.27. The summed E-state index contributed by atoms with van der Waals surface area (Å²) in [4.78, 5) is 10.9. The van der Waals surface area contributed by atoms with E-state index in [1.54, 1.807) is 19.9 Å². The van der Waals surface area contributed by atoms with Gasteiger partial charge in [0, 0.05) is 0 Å². The summed E-state index contributed by atoms with van der Waals surface area (Å²) in [5.74, 6) is -1.36. The predicted molar refractivity (Wildman–Crippen MR) is 62.5 cm³/mol. The van der Waals surface area contributed by atoms with Crippen LogP contribution in [-0.4, -0.2) is 11.1 Å². The van der Waals surface area contributed by atoms with Crippen LogP contribution in [0.2, 0.25) is 0 Å². The second kappa shape index (κ2) is 4.84. The zero-order chi connectivity index (χ0) is 14.1. The summed E-state index contributed by atoms with van der Waals surface area (Å²) in [6, 6.07) is 1.96. The molecule has 0 aliphatic heterocycles. The molecular formula is C13H13F3O2. The molecule has 1 aromatic rings. The molecule has 0 heterocycles. The number of carbonyl (C=O) groups is 1. The number of hydrogen-bond acceptors (Lipinski definition) is 1. The molecule has 0 aromatic heterocycles. The highest BCUT2D eigenvalue weighted by Gasteiger charge is 2.34.